The number of fused-ring (bicyclic) bond motifs is 1. The van der Waals surface area contributed by atoms with Crippen molar-refractivity contribution < 1.29 is 8.42 Å². The van der Waals surface area contributed by atoms with Crippen molar-refractivity contribution in [1.82, 2.24) is 24.0 Å². The summed E-state index contributed by atoms with van der Waals surface area (Å²) in [7, 11) is -1.08. The van der Waals surface area contributed by atoms with Crippen LogP contribution in [0.2, 0.25) is 0 Å². The molecular formula is C13H25N5O2S. The Balaban J connectivity index is 2.14. The van der Waals surface area contributed by atoms with E-state index in [9.17, 15) is 8.42 Å². The van der Waals surface area contributed by atoms with Crippen molar-refractivity contribution in [2.75, 3.05) is 25.9 Å². The second-order valence-electron chi connectivity index (χ2n) is 5.74. The molecule has 0 atom stereocenters. The van der Waals surface area contributed by atoms with Gasteiger partial charge in [-0.2, -0.15) is 4.31 Å². The normalized spacial score (nSPS) is 17.2. The highest BCUT2D eigenvalue weighted by molar-refractivity contribution is 7.89. The number of rotatable bonds is 5. The van der Waals surface area contributed by atoms with Crippen molar-refractivity contribution in [1.29, 1.82) is 0 Å². The molecule has 2 rings (SSSR count). The van der Waals surface area contributed by atoms with Gasteiger partial charge in [0.25, 0.3) is 0 Å². The molecule has 7 nitrogen and oxygen atoms in total. The lowest BCUT2D eigenvalue weighted by atomic mass is 10.3. The summed E-state index contributed by atoms with van der Waals surface area (Å²) in [5, 5.41) is 8.51. The predicted molar refractivity (Wildman–Crippen MR) is 81.4 cm³/mol. The van der Waals surface area contributed by atoms with Crippen LogP contribution in [0.15, 0.2) is 0 Å². The van der Waals surface area contributed by atoms with Crippen LogP contribution in [-0.2, 0) is 29.5 Å². The van der Waals surface area contributed by atoms with Gasteiger partial charge in [-0.1, -0.05) is 0 Å². The zero-order valence-electron chi connectivity index (χ0n) is 13.3. The minimum absolute atomic E-state index is 0.149. The minimum atomic E-state index is -3.13. The Morgan fingerprint density at radius 2 is 1.95 bits per heavy atom. The van der Waals surface area contributed by atoms with Gasteiger partial charge in [0.1, 0.15) is 11.6 Å². The van der Waals surface area contributed by atoms with E-state index in [1.165, 1.54) is 0 Å². The van der Waals surface area contributed by atoms with Crippen LogP contribution in [0.4, 0.5) is 0 Å². The van der Waals surface area contributed by atoms with E-state index < -0.39 is 10.0 Å². The fraction of sp³-hybridized carbons (Fsp3) is 0.846. The SMILES string of the molecule is CCS(=O)(=O)N1CCc2nnc(CN(C)C(C)C)n2CC1. The van der Waals surface area contributed by atoms with E-state index >= 15 is 0 Å². The highest BCUT2D eigenvalue weighted by Gasteiger charge is 2.25. The summed E-state index contributed by atoms with van der Waals surface area (Å²) in [4.78, 5) is 2.20. The smallest absolute Gasteiger partial charge is 0.213 e. The van der Waals surface area contributed by atoms with Crippen LogP contribution in [0.1, 0.15) is 32.4 Å². The first-order chi connectivity index (χ1) is 9.85. The summed E-state index contributed by atoms with van der Waals surface area (Å²) < 4.78 is 27.6. The molecular weight excluding hydrogens is 290 g/mol. The Morgan fingerprint density at radius 1 is 1.24 bits per heavy atom. The van der Waals surface area contributed by atoms with E-state index in [1.54, 1.807) is 11.2 Å². The number of hydrogen-bond acceptors (Lipinski definition) is 5. The van der Waals surface area contributed by atoms with Gasteiger partial charge < -0.3 is 4.57 Å². The third-order valence-electron chi connectivity index (χ3n) is 4.09. The second kappa shape index (κ2) is 6.41. The second-order valence-corrected chi connectivity index (χ2v) is 8.00. The molecule has 0 aliphatic carbocycles. The van der Waals surface area contributed by atoms with Crippen molar-refractivity contribution in [3.63, 3.8) is 0 Å². The van der Waals surface area contributed by atoms with Crippen molar-refractivity contribution in [2.45, 2.75) is 46.3 Å². The van der Waals surface area contributed by atoms with Crippen LogP contribution in [0.3, 0.4) is 0 Å². The third kappa shape index (κ3) is 3.61. The maximum atomic E-state index is 12.0. The molecule has 0 unspecified atom stereocenters. The molecule has 2 heterocycles. The average Bonchev–Trinajstić information content (AvgIpc) is 2.68. The molecule has 0 N–H and O–H groups in total. The zero-order valence-corrected chi connectivity index (χ0v) is 14.1. The molecule has 0 saturated carbocycles. The number of aromatic nitrogens is 3. The van der Waals surface area contributed by atoms with Gasteiger partial charge in [0, 0.05) is 32.1 Å². The van der Waals surface area contributed by atoms with Gasteiger partial charge in [-0.05, 0) is 27.8 Å². The van der Waals surface area contributed by atoms with Crippen molar-refractivity contribution in [3.8, 4) is 0 Å². The summed E-state index contributed by atoms with van der Waals surface area (Å²) in [6.07, 6.45) is 0.623. The first-order valence-electron chi connectivity index (χ1n) is 7.44. The Bertz CT molecular complexity index is 581. The predicted octanol–water partition coefficient (Wildman–Crippen LogP) is 0.326. The minimum Gasteiger partial charge on any atom is -0.313 e. The topological polar surface area (TPSA) is 71.3 Å². The molecule has 1 aliphatic heterocycles. The highest BCUT2D eigenvalue weighted by atomic mass is 32.2. The molecule has 1 aromatic heterocycles. The molecule has 1 aliphatic rings. The largest absolute Gasteiger partial charge is 0.313 e. The average molecular weight is 315 g/mol. The fourth-order valence-electron chi connectivity index (χ4n) is 2.35. The monoisotopic (exact) mass is 315 g/mol. The van der Waals surface area contributed by atoms with Crippen molar-refractivity contribution >= 4 is 10.0 Å². The molecule has 8 heteroatoms. The third-order valence-corrected chi connectivity index (χ3v) is 5.97. The van der Waals surface area contributed by atoms with Gasteiger partial charge in [-0.3, -0.25) is 4.90 Å². The molecule has 0 radical (unpaired) electrons. The van der Waals surface area contributed by atoms with E-state index in [0.717, 1.165) is 18.2 Å². The van der Waals surface area contributed by atoms with Crippen LogP contribution in [0.25, 0.3) is 0 Å². The maximum absolute atomic E-state index is 12.0. The number of nitrogens with zero attached hydrogens (tertiary/aromatic N) is 5. The van der Waals surface area contributed by atoms with E-state index in [-0.39, 0.29) is 5.75 Å². The summed E-state index contributed by atoms with van der Waals surface area (Å²) in [5.41, 5.74) is 0. The molecule has 0 spiro atoms. The number of hydrogen-bond donors (Lipinski definition) is 0. The van der Waals surface area contributed by atoms with Crippen LogP contribution in [-0.4, -0.2) is 64.3 Å². The summed E-state index contributed by atoms with van der Waals surface area (Å²) >= 11 is 0. The molecule has 0 bridgehead atoms. The first-order valence-corrected chi connectivity index (χ1v) is 9.05. The van der Waals surface area contributed by atoms with Crippen LogP contribution < -0.4 is 0 Å². The van der Waals surface area contributed by atoms with Crippen molar-refractivity contribution in [3.05, 3.63) is 11.6 Å². The molecule has 0 saturated heterocycles. The van der Waals surface area contributed by atoms with Gasteiger partial charge in [-0.15, -0.1) is 10.2 Å². The van der Waals surface area contributed by atoms with E-state index in [1.807, 2.05) is 0 Å². The van der Waals surface area contributed by atoms with Crippen LogP contribution >= 0.6 is 0 Å². The standard InChI is InChI=1S/C13H25N5O2S/c1-5-21(19,20)17-7-6-12-14-15-13(18(12)9-8-17)10-16(4)11(2)3/h11H,5-10H2,1-4H3. The molecule has 1 aromatic rings. The van der Waals surface area contributed by atoms with E-state index in [2.05, 4.69) is 40.6 Å². The molecule has 120 valence electrons. The Kier molecular flexibility index (Phi) is 5.00. The molecule has 0 aromatic carbocycles. The van der Waals surface area contributed by atoms with Crippen LogP contribution in [0.5, 0.6) is 0 Å². The summed E-state index contributed by atoms with van der Waals surface area (Å²) in [6.45, 7) is 8.30. The molecule has 0 amide bonds. The van der Waals surface area contributed by atoms with E-state index in [4.69, 9.17) is 0 Å². The van der Waals surface area contributed by atoms with Gasteiger partial charge in [0.15, 0.2) is 0 Å². The van der Waals surface area contributed by atoms with Crippen molar-refractivity contribution in [2.24, 2.45) is 0 Å². The lowest BCUT2D eigenvalue weighted by Crippen LogP contribution is -2.35. The van der Waals surface area contributed by atoms with Gasteiger partial charge in [-0.25, -0.2) is 8.42 Å². The van der Waals surface area contributed by atoms with Gasteiger partial charge in [0.2, 0.25) is 10.0 Å². The Hall–Kier alpha value is -0.990. The zero-order chi connectivity index (χ0) is 15.6. The molecule has 0 fully saturated rings. The maximum Gasteiger partial charge on any atom is 0.213 e. The lowest BCUT2D eigenvalue weighted by molar-refractivity contribution is 0.254. The van der Waals surface area contributed by atoms with Gasteiger partial charge >= 0.3 is 0 Å². The highest BCUT2D eigenvalue weighted by Crippen LogP contribution is 2.14. The Labute approximate surface area is 127 Å². The first kappa shape index (κ1) is 16.4. The lowest BCUT2D eigenvalue weighted by Gasteiger charge is -2.21. The number of sulfonamides is 1. The summed E-state index contributed by atoms with van der Waals surface area (Å²) in [6, 6.07) is 0.431. The summed E-state index contributed by atoms with van der Waals surface area (Å²) in [5.74, 6) is 1.95. The Morgan fingerprint density at radius 3 is 2.57 bits per heavy atom. The molecule has 21 heavy (non-hydrogen) atoms. The van der Waals surface area contributed by atoms with Crippen LogP contribution in [0, 0.1) is 0 Å². The van der Waals surface area contributed by atoms with Gasteiger partial charge in [0.05, 0.1) is 12.3 Å². The fourth-order valence-corrected chi connectivity index (χ4v) is 3.44. The quantitative estimate of drug-likeness (QED) is 0.783. The van der Waals surface area contributed by atoms with E-state index in [0.29, 0.717) is 32.1 Å².